The quantitative estimate of drug-likeness (QED) is 0.776. The summed E-state index contributed by atoms with van der Waals surface area (Å²) in [4.78, 5) is 11.3. The van der Waals surface area contributed by atoms with Gasteiger partial charge in [0.25, 0.3) is 0 Å². The third-order valence-corrected chi connectivity index (χ3v) is 5.35. The largest absolute Gasteiger partial charge is 0.481 e. The Bertz CT molecular complexity index is 375. The summed E-state index contributed by atoms with van der Waals surface area (Å²) in [5.74, 6) is -0.895. The average Bonchev–Trinajstić information content (AvgIpc) is 2.58. The summed E-state index contributed by atoms with van der Waals surface area (Å²) in [5.41, 5.74) is -1.03. The molecule has 0 aromatic rings. The van der Waals surface area contributed by atoms with E-state index in [1.165, 1.54) is 0 Å². The Kier molecular flexibility index (Phi) is 4.55. The van der Waals surface area contributed by atoms with Gasteiger partial charge in [0.05, 0.1) is 17.3 Å². The van der Waals surface area contributed by atoms with Crippen LogP contribution >= 0.6 is 0 Å². The Hall–Kier alpha value is -0.620. The minimum absolute atomic E-state index is 0.0686. The van der Waals surface area contributed by atoms with E-state index in [-0.39, 0.29) is 17.9 Å². The molecule has 2 atom stereocenters. The maximum Gasteiger partial charge on any atom is 0.312 e. The molecule has 0 radical (unpaired) electrons. The Morgan fingerprint density at radius 3 is 2.53 bits per heavy atom. The number of hydrogen-bond acceptors (Lipinski definition) is 4. The summed E-state index contributed by atoms with van der Waals surface area (Å²) in [6.45, 7) is 3.89. The molecule has 6 heteroatoms. The third-order valence-electron chi connectivity index (χ3n) is 3.49. The van der Waals surface area contributed by atoms with Crippen LogP contribution in [0.1, 0.15) is 33.1 Å². The number of aliphatic carboxylic acids is 1. The fraction of sp³-hybridized carbons (Fsp3) is 0.909. The first kappa shape index (κ1) is 14.4. The zero-order valence-corrected chi connectivity index (χ0v) is 11.1. The van der Waals surface area contributed by atoms with Crippen molar-refractivity contribution in [2.24, 2.45) is 5.41 Å². The summed E-state index contributed by atoms with van der Waals surface area (Å²) < 4.78 is 28.5. The van der Waals surface area contributed by atoms with Gasteiger partial charge in [-0.15, -0.1) is 0 Å². The van der Waals surface area contributed by atoms with E-state index in [1.54, 1.807) is 13.8 Å². The van der Waals surface area contributed by atoms with Crippen molar-refractivity contribution in [3.05, 3.63) is 0 Å². The number of carboxylic acids is 1. The second kappa shape index (κ2) is 5.35. The normalized spacial score (nSPS) is 29.4. The van der Waals surface area contributed by atoms with Gasteiger partial charge in [0.2, 0.25) is 0 Å². The van der Waals surface area contributed by atoms with Gasteiger partial charge in [-0.25, -0.2) is 8.42 Å². The molecule has 1 N–H and O–H groups in total. The zero-order chi connectivity index (χ0) is 13.1. The third kappa shape index (κ3) is 3.19. The van der Waals surface area contributed by atoms with Gasteiger partial charge in [-0.3, -0.25) is 4.79 Å². The van der Waals surface area contributed by atoms with Gasteiger partial charge in [0.1, 0.15) is 9.84 Å². The van der Waals surface area contributed by atoms with Crippen molar-refractivity contribution in [3.63, 3.8) is 0 Å². The van der Waals surface area contributed by atoms with Gasteiger partial charge in [-0.1, -0.05) is 6.92 Å². The summed E-state index contributed by atoms with van der Waals surface area (Å²) in [5, 5.41) is 9.29. The highest BCUT2D eigenvalue weighted by Crippen LogP contribution is 2.38. The maximum atomic E-state index is 11.6. The molecule has 1 fully saturated rings. The summed E-state index contributed by atoms with van der Waals surface area (Å²) >= 11 is 0. The molecule has 1 saturated heterocycles. The summed E-state index contributed by atoms with van der Waals surface area (Å²) in [7, 11) is -3.13. The molecular formula is C11H20O5S. The van der Waals surface area contributed by atoms with Crippen molar-refractivity contribution in [2.75, 3.05) is 18.1 Å². The Morgan fingerprint density at radius 1 is 1.47 bits per heavy atom. The highest BCUT2D eigenvalue weighted by atomic mass is 32.2. The van der Waals surface area contributed by atoms with Crippen LogP contribution in [0.3, 0.4) is 0 Å². The first-order chi connectivity index (χ1) is 7.84. The highest BCUT2D eigenvalue weighted by molar-refractivity contribution is 7.91. The fourth-order valence-electron chi connectivity index (χ4n) is 2.25. The molecule has 1 aliphatic rings. The standard InChI is InChI=1S/C11H20O5S/c1-3-7-17(14,15)8-5-11(10(12)13)4-6-16-9(11)2/h9H,3-8H2,1-2H3,(H,12,13). The van der Waals surface area contributed by atoms with Crippen LogP contribution < -0.4 is 0 Å². The summed E-state index contributed by atoms with van der Waals surface area (Å²) in [6.07, 6.45) is 0.683. The molecule has 100 valence electrons. The lowest BCUT2D eigenvalue weighted by atomic mass is 9.79. The smallest absolute Gasteiger partial charge is 0.312 e. The van der Waals surface area contributed by atoms with Crippen molar-refractivity contribution < 1.29 is 23.1 Å². The van der Waals surface area contributed by atoms with E-state index >= 15 is 0 Å². The number of carbonyl (C=O) groups is 1. The van der Waals surface area contributed by atoms with E-state index < -0.39 is 27.3 Å². The first-order valence-corrected chi connectivity index (χ1v) is 7.71. The Balaban J connectivity index is 2.73. The van der Waals surface area contributed by atoms with Gasteiger partial charge in [0.15, 0.2) is 0 Å². The van der Waals surface area contributed by atoms with Crippen LogP contribution in [0.4, 0.5) is 0 Å². The lowest BCUT2D eigenvalue weighted by Gasteiger charge is -2.27. The monoisotopic (exact) mass is 264 g/mol. The molecular weight excluding hydrogens is 244 g/mol. The van der Waals surface area contributed by atoms with Crippen LogP contribution in [0, 0.1) is 5.41 Å². The lowest BCUT2D eigenvalue weighted by Crippen LogP contribution is -2.39. The van der Waals surface area contributed by atoms with E-state index in [2.05, 4.69) is 0 Å². The summed E-state index contributed by atoms with van der Waals surface area (Å²) in [6, 6.07) is 0. The molecule has 1 aliphatic heterocycles. The van der Waals surface area contributed by atoms with Crippen molar-refractivity contribution in [1.29, 1.82) is 0 Å². The molecule has 0 spiro atoms. The highest BCUT2D eigenvalue weighted by Gasteiger charge is 2.48. The molecule has 0 saturated carbocycles. The molecule has 5 nitrogen and oxygen atoms in total. The number of rotatable bonds is 6. The molecule has 0 aromatic carbocycles. The number of hydrogen-bond donors (Lipinski definition) is 1. The second-order valence-corrected chi connectivity index (χ2v) is 6.93. The molecule has 1 rings (SSSR count). The van der Waals surface area contributed by atoms with Crippen molar-refractivity contribution in [2.45, 2.75) is 39.2 Å². The minimum Gasteiger partial charge on any atom is -0.481 e. The van der Waals surface area contributed by atoms with Crippen LogP contribution in [0.5, 0.6) is 0 Å². The maximum absolute atomic E-state index is 11.6. The first-order valence-electron chi connectivity index (χ1n) is 5.89. The predicted molar refractivity (Wildman–Crippen MR) is 63.7 cm³/mol. The van der Waals surface area contributed by atoms with Crippen LogP contribution in [-0.4, -0.2) is 43.7 Å². The molecule has 17 heavy (non-hydrogen) atoms. The average molecular weight is 264 g/mol. The molecule has 2 unspecified atom stereocenters. The molecule has 0 amide bonds. The SMILES string of the molecule is CCCS(=O)(=O)CCC1(C(=O)O)CCOC1C. The second-order valence-electron chi connectivity index (χ2n) is 4.63. The molecule has 0 bridgehead atoms. The van der Waals surface area contributed by atoms with E-state index in [0.717, 1.165) is 0 Å². The lowest BCUT2D eigenvalue weighted by molar-refractivity contribution is -0.152. The Labute approximate surface area is 102 Å². The van der Waals surface area contributed by atoms with Gasteiger partial charge in [-0.05, 0) is 26.2 Å². The van der Waals surface area contributed by atoms with Gasteiger partial charge in [-0.2, -0.15) is 0 Å². The van der Waals surface area contributed by atoms with Gasteiger partial charge >= 0.3 is 5.97 Å². The van der Waals surface area contributed by atoms with Crippen molar-refractivity contribution >= 4 is 15.8 Å². The topological polar surface area (TPSA) is 80.7 Å². The van der Waals surface area contributed by atoms with Crippen LogP contribution in [0.2, 0.25) is 0 Å². The van der Waals surface area contributed by atoms with E-state index in [9.17, 15) is 18.3 Å². The molecule has 0 aliphatic carbocycles. The number of sulfone groups is 1. The Morgan fingerprint density at radius 2 is 2.12 bits per heavy atom. The van der Waals surface area contributed by atoms with E-state index in [4.69, 9.17) is 4.74 Å². The van der Waals surface area contributed by atoms with Crippen LogP contribution in [0.15, 0.2) is 0 Å². The number of ether oxygens (including phenoxy) is 1. The predicted octanol–water partition coefficient (Wildman–Crippen LogP) is 1.08. The van der Waals surface area contributed by atoms with Crippen molar-refractivity contribution in [3.8, 4) is 0 Å². The molecule has 0 aromatic heterocycles. The van der Waals surface area contributed by atoms with E-state index in [1.807, 2.05) is 0 Å². The van der Waals surface area contributed by atoms with Gasteiger partial charge < -0.3 is 9.84 Å². The minimum atomic E-state index is -3.13. The zero-order valence-electron chi connectivity index (χ0n) is 10.3. The molecule has 1 heterocycles. The van der Waals surface area contributed by atoms with Crippen molar-refractivity contribution in [1.82, 2.24) is 0 Å². The van der Waals surface area contributed by atoms with Crippen LogP contribution in [-0.2, 0) is 19.4 Å². The number of carboxylic acid groups (broad SMARTS) is 1. The van der Waals surface area contributed by atoms with Gasteiger partial charge in [0, 0.05) is 12.4 Å². The fourth-order valence-corrected chi connectivity index (χ4v) is 3.75. The van der Waals surface area contributed by atoms with E-state index in [0.29, 0.717) is 19.4 Å². The van der Waals surface area contributed by atoms with Crippen LogP contribution in [0.25, 0.3) is 0 Å².